The molecule has 0 radical (unpaired) electrons. The van der Waals surface area contributed by atoms with Crippen LogP contribution in [0.1, 0.15) is 39.0 Å². The topological polar surface area (TPSA) is 41.3 Å². The number of unbranched alkanes of at least 4 members (excludes halogenated alkanes) is 2. The molecule has 3 nitrogen and oxygen atoms in total. The number of alkyl halides is 1. The van der Waals surface area contributed by atoms with Gasteiger partial charge in [-0.3, -0.25) is 5.84 Å². The van der Waals surface area contributed by atoms with Crippen LogP contribution in [-0.2, 0) is 0 Å². The van der Waals surface area contributed by atoms with Gasteiger partial charge in [0.1, 0.15) is 6.17 Å². The number of hydrogen-bond donors (Lipinski definition) is 2. The van der Waals surface area contributed by atoms with E-state index < -0.39 is 6.17 Å². The van der Waals surface area contributed by atoms with E-state index in [1.807, 2.05) is 5.01 Å². The van der Waals surface area contributed by atoms with Crippen LogP contribution in [0, 0.1) is 0 Å². The van der Waals surface area contributed by atoms with Gasteiger partial charge in [-0.25, -0.2) is 9.40 Å². The highest BCUT2D eigenvalue weighted by molar-refractivity contribution is 4.83. The van der Waals surface area contributed by atoms with Gasteiger partial charge in [0.05, 0.1) is 0 Å². The minimum absolute atomic E-state index is 0.0298. The van der Waals surface area contributed by atoms with Crippen molar-refractivity contribution in [3.63, 3.8) is 0 Å². The van der Waals surface area contributed by atoms with Gasteiger partial charge in [-0.1, -0.05) is 19.8 Å². The first-order valence-electron chi connectivity index (χ1n) is 6.11. The van der Waals surface area contributed by atoms with Gasteiger partial charge in [-0.05, 0) is 25.8 Å². The molecule has 0 bridgehead atoms. The van der Waals surface area contributed by atoms with Gasteiger partial charge in [0.2, 0.25) is 0 Å². The molecule has 4 heteroatoms. The van der Waals surface area contributed by atoms with E-state index in [0.29, 0.717) is 6.42 Å². The summed E-state index contributed by atoms with van der Waals surface area (Å²) in [4.78, 5) is 0. The molecule has 0 aromatic heterocycles. The Bertz CT molecular complexity index is 166. The summed E-state index contributed by atoms with van der Waals surface area (Å²) in [5.41, 5.74) is 0. The fraction of sp³-hybridized carbons (Fsp3) is 1.00. The zero-order chi connectivity index (χ0) is 11.1. The molecule has 0 amide bonds. The van der Waals surface area contributed by atoms with Gasteiger partial charge in [0.25, 0.3) is 0 Å². The molecule has 90 valence electrons. The smallest absolute Gasteiger partial charge is 0.117 e. The van der Waals surface area contributed by atoms with Crippen molar-refractivity contribution >= 4 is 0 Å². The van der Waals surface area contributed by atoms with Crippen molar-refractivity contribution in [3.8, 4) is 0 Å². The molecular weight excluding hydrogens is 193 g/mol. The van der Waals surface area contributed by atoms with Gasteiger partial charge >= 0.3 is 0 Å². The van der Waals surface area contributed by atoms with E-state index in [9.17, 15) is 4.39 Å². The zero-order valence-corrected chi connectivity index (χ0v) is 9.71. The van der Waals surface area contributed by atoms with Crippen molar-refractivity contribution in [3.05, 3.63) is 0 Å². The van der Waals surface area contributed by atoms with Gasteiger partial charge in [-0.2, -0.15) is 0 Å². The highest BCUT2D eigenvalue weighted by Gasteiger charge is 2.25. The van der Waals surface area contributed by atoms with E-state index in [2.05, 4.69) is 12.2 Å². The standard InChI is InChI=1S/C11H24FN3/c1-2-3-4-8-15(13)9-6-11-10(12)5-7-14-11/h10-11,14H,2-9,13H2,1H3. The van der Waals surface area contributed by atoms with Crippen LogP contribution < -0.4 is 11.2 Å². The molecule has 0 aromatic rings. The van der Waals surface area contributed by atoms with Gasteiger partial charge < -0.3 is 5.32 Å². The molecule has 0 aromatic carbocycles. The second-order valence-corrected chi connectivity index (χ2v) is 4.40. The Balaban J connectivity index is 2.03. The zero-order valence-electron chi connectivity index (χ0n) is 9.71. The predicted octanol–water partition coefficient (Wildman–Crippen LogP) is 1.44. The third-order valence-electron chi connectivity index (χ3n) is 3.04. The minimum atomic E-state index is -0.672. The predicted molar refractivity (Wildman–Crippen MR) is 61.2 cm³/mol. The Morgan fingerprint density at radius 1 is 1.40 bits per heavy atom. The Hall–Kier alpha value is -0.190. The maximum atomic E-state index is 13.2. The molecule has 0 saturated carbocycles. The van der Waals surface area contributed by atoms with E-state index in [1.54, 1.807) is 0 Å². The molecule has 2 unspecified atom stereocenters. The van der Waals surface area contributed by atoms with Crippen molar-refractivity contribution in [2.24, 2.45) is 5.84 Å². The van der Waals surface area contributed by atoms with Crippen molar-refractivity contribution in [1.29, 1.82) is 0 Å². The van der Waals surface area contributed by atoms with E-state index in [0.717, 1.165) is 32.5 Å². The van der Waals surface area contributed by atoms with Crippen molar-refractivity contribution in [1.82, 2.24) is 10.3 Å². The third kappa shape index (κ3) is 4.91. The monoisotopic (exact) mass is 217 g/mol. The van der Waals surface area contributed by atoms with Crippen LogP contribution in [0.25, 0.3) is 0 Å². The number of nitrogens with zero attached hydrogens (tertiary/aromatic N) is 1. The second-order valence-electron chi connectivity index (χ2n) is 4.40. The van der Waals surface area contributed by atoms with Crippen LogP contribution in [0.15, 0.2) is 0 Å². The highest BCUT2D eigenvalue weighted by Crippen LogP contribution is 2.14. The van der Waals surface area contributed by atoms with Gasteiger partial charge in [0, 0.05) is 19.1 Å². The largest absolute Gasteiger partial charge is 0.311 e. The maximum Gasteiger partial charge on any atom is 0.117 e. The van der Waals surface area contributed by atoms with Gasteiger partial charge in [0.15, 0.2) is 0 Å². The van der Waals surface area contributed by atoms with Crippen LogP contribution in [0.5, 0.6) is 0 Å². The van der Waals surface area contributed by atoms with Crippen LogP contribution in [0.2, 0.25) is 0 Å². The fourth-order valence-corrected chi connectivity index (χ4v) is 2.00. The first kappa shape index (κ1) is 12.9. The number of hydrazine groups is 1. The number of nitrogens with two attached hydrogens (primary N) is 1. The molecule has 1 rings (SSSR count). The SMILES string of the molecule is CCCCCN(N)CCC1NCCC1F. The summed E-state index contributed by atoms with van der Waals surface area (Å²) in [7, 11) is 0. The summed E-state index contributed by atoms with van der Waals surface area (Å²) in [6.45, 7) is 4.71. The lowest BCUT2D eigenvalue weighted by Gasteiger charge is -2.19. The second kappa shape index (κ2) is 7.14. The molecule has 3 N–H and O–H groups in total. The van der Waals surface area contributed by atoms with E-state index in [-0.39, 0.29) is 6.04 Å². The Morgan fingerprint density at radius 2 is 2.20 bits per heavy atom. The summed E-state index contributed by atoms with van der Waals surface area (Å²) in [5, 5.41) is 4.99. The Labute approximate surface area is 92.2 Å². The van der Waals surface area contributed by atoms with E-state index >= 15 is 0 Å². The first-order valence-corrected chi connectivity index (χ1v) is 6.11. The average molecular weight is 217 g/mol. The lowest BCUT2D eigenvalue weighted by Crippen LogP contribution is -2.38. The lowest BCUT2D eigenvalue weighted by atomic mass is 10.1. The Morgan fingerprint density at radius 3 is 2.80 bits per heavy atom. The molecule has 0 spiro atoms. The molecule has 1 fully saturated rings. The molecule has 1 aliphatic heterocycles. The molecule has 1 aliphatic rings. The van der Waals surface area contributed by atoms with Crippen LogP contribution >= 0.6 is 0 Å². The first-order chi connectivity index (χ1) is 7.24. The van der Waals surface area contributed by atoms with Crippen LogP contribution in [0.3, 0.4) is 0 Å². The summed E-state index contributed by atoms with van der Waals surface area (Å²) in [5.74, 6) is 5.82. The van der Waals surface area contributed by atoms with Crippen molar-refractivity contribution < 1.29 is 4.39 Å². The maximum absolute atomic E-state index is 13.2. The highest BCUT2D eigenvalue weighted by atomic mass is 19.1. The molecule has 2 atom stereocenters. The molecule has 1 saturated heterocycles. The third-order valence-corrected chi connectivity index (χ3v) is 3.04. The number of nitrogens with one attached hydrogen (secondary N) is 1. The summed E-state index contributed by atoms with van der Waals surface area (Å²) in [6, 6.07) is 0.0298. The molecule has 15 heavy (non-hydrogen) atoms. The van der Waals surface area contributed by atoms with Crippen molar-refractivity contribution in [2.75, 3.05) is 19.6 Å². The fourth-order valence-electron chi connectivity index (χ4n) is 2.00. The van der Waals surface area contributed by atoms with Crippen LogP contribution in [0.4, 0.5) is 4.39 Å². The number of rotatable bonds is 7. The van der Waals surface area contributed by atoms with E-state index in [4.69, 9.17) is 5.84 Å². The normalized spacial score (nSPS) is 26.4. The minimum Gasteiger partial charge on any atom is -0.311 e. The van der Waals surface area contributed by atoms with Crippen molar-refractivity contribution in [2.45, 2.75) is 51.2 Å². The molecule has 0 aliphatic carbocycles. The summed E-state index contributed by atoms with van der Waals surface area (Å²) >= 11 is 0. The molecular formula is C11H24FN3. The quantitative estimate of drug-likeness (QED) is 0.385. The van der Waals surface area contributed by atoms with Gasteiger partial charge in [-0.15, -0.1) is 0 Å². The van der Waals surface area contributed by atoms with E-state index in [1.165, 1.54) is 12.8 Å². The average Bonchev–Trinajstić information content (AvgIpc) is 2.61. The number of halogens is 1. The Kier molecular flexibility index (Phi) is 6.13. The lowest BCUT2D eigenvalue weighted by molar-refractivity contribution is 0.231. The number of hydrogen-bond acceptors (Lipinski definition) is 3. The van der Waals surface area contributed by atoms with Crippen LogP contribution in [-0.4, -0.2) is 36.9 Å². The molecule has 1 heterocycles. The summed E-state index contributed by atoms with van der Waals surface area (Å²) in [6.07, 6.45) is 4.39. The summed E-state index contributed by atoms with van der Waals surface area (Å²) < 4.78 is 13.2.